The van der Waals surface area contributed by atoms with Crippen molar-refractivity contribution in [1.29, 1.82) is 0 Å². The maximum atomic E-state index is 14.0. The second kappa shape index (κ2) is 6.16. The molecule has 0 unspecified atom stereocenters. The number of methoxy groups -OCH3 is 1. The number of hydrogen-bond donors (Lipinski definition) is 1. The molecular weight excluding hydrogens is 231 g/mol. The summed E-state index contributed by atoms with van der Waals surface area (Å²) in [4.78, 5) is 2.07. The maximum Gasteiger partial charge on any atom is 0.146 e. The maximum absolute atomic E-state index is 14.0. The predicted molar refractivity (Wildman–Crippen MR) is 71.4 cm³/mol. The van der Waals surface area contributed by atoms with Crippen molar-refractivity contribution in [2.24, 2.45) is 0 Å². The van der Waals surface area contributed by atoms with Crippen molar-refractivity contribution < 1.29 is 9.13 Å². The molecule has 0 bridgehead atoms. The van der Waals surface area contributed by atoms with Gasteiger partial charge in [0.25, 0.3) is 0 Å². The first-order valence-electron chi connectivity index (χ1n) is 6.44. The van der Waals surface area contributed by atoms with E-state index in [4.69, 9.17) is 4.74 Å². The number of nitrogens with one attached hydrogen (secondary N) is 1. The van der Waals surface area contributed by atoms with Crippen molar-refractivity contribution >= 4 is 5.69 Å². The predicted octanol–water partition coefficient (Wildman–Crippen LogP) is 2.16. The third-order valence-electron chi connectivity index (χ3n) is 3.32. The molecule has 4 heteroatoms. The Morgan fingerprint density at radius 2 is 2.22 bits per heavy atom. The van der Waals surface area contributed by atoms with Crippen LogP contribution in [0.4, 0.5) is 10.1 Å². The molecule has 0 spiro atoms. The van der Waals surface area contributed by atoms with E-state index >= 15 is 0 Å². The fraction of sp³-hybridized carbons (Fsp3) is 0.571. The minimum Gasteiger partial charge on any atom is -0.383 e. The first-order chi connectivity index (χ1) is 8.74. The Morgan fingerprint density at radius 3 is 2.89 bits per heavy atom. The third-order valence-corrected chi connectivity index (χ3v) is 3.32. The average Bonchev–Trinajstić information content (AvgIpc) is 3.18. The van der Waals surface area contributed by atoms with Crippen molar-refractivity contribution in [3.63, 3.8) is 0 Å². The number of anilines is 1. The Balaban J connectivity index is 2.05. The molecule has 3 nitrogen and oxygen atoms in total. The second-order valence-corrected chi connectivity index (χ2v) is 4.76. The fourth-order valence-electron chi connectivity index (χ4n) is 2.14. The van der Waals surface area contributed by atoms with E-state index in [-0.39, 0.29) is 5.82 Å². The quantitative estimate of drug-likeness (QED) is 0.753. The van der Waals surface area contributed by atoms with Gasteiger partial charge in [-0.05, 0) is 24.5 Å². The van der Waals surface area contributed by atoms with Crippen LogP contribution in [-0.4, -0.2) is 33.4 Å². The van der Waals surface area contributed by atoms with Gasteiger partial charge in [0, 0.05) is 33.3 Å². The summed E-state index contributed by atoms with van der Waals surface area (Å²) in [5, 5.41) is 3.27. The smallest absolute Gasteiger partial charge is 0.146 e. The monoisotopic (exact) mass is 252 g/mol. The van der Waals surface area contributed by atoms with Gasteiger partial charge in [0.2, 0.25) is 0 Å². The molecule has 1 saturated carbocycles. The number of benzene rings is 1. The van der Waals surface area contributed by atoms with Crippen LogP contribution in [-0.2, 0) is 11.3 Å². The van der Waals surface area contributed by atoms with E-state index in [0.29, 0.717) is 19.2 Å². The van der Waals surface area contributed by atoms with Crippen LogP contribution in [0.1, 0.15) is 18.4 Å². The third kappa shape index (κ3) is 3.21. The van der Waals surface area contributed by atoms with Crippen molar-refractivity contribution in [3.8, 4) is 0 Å². The first kappa shape index (κ1) is 13.3. The molecule has 0 aliphatic heterocycles. The van der Waals surface area contributed by atoms with Crippen LogP contribution in [0.5, 0.6) is 0 Å². The molecule has 0 radical (unpaired) electrons. The van der Waals surface area contributed by atoms with Gasteiger partial charge in [0.15, 0.2) is 0 Å². The normalized spacial score (nSPS) is 14.8. The van der Waals surface area contributed by atoms with Crippen molar-refractivity contribution in [2.45, 2.75) is 25.4 Å². The summed E-state index contributed by atoms with van der Waals surface area (Å²) in [6, 6.07) is 5.80. The average molecular weight is 252 g/mol. The van der Waals surface area contributed by atoms with Gasteiger partial charge in [0.1, 0.15) is 5.82 Å². The first-order valence-corrected chi connectivity index (χ1v) is 6.44. The Labute approximate surface area is 108 Å². The van der Waals surface area contributed by atoms with Crippen LogP contribution in [0.25, 0.3) is 0 Å². The molecule has 1 aromatic carbocycles. The van der Waals surface area contributed by atoms with Crippen LogP contribution in [0.2, 0.25) is 0 Å². The molecule has 18 heavy (non-hydrogen) atoms. The Hall–Kier alpha value is -1.13. The van der Waals surface area contributed by atoms with Gasteiger partial charge >= 0.3 is 0 Å². The van der Waals surface area contributed by atoms with Gasteiger partial charge in [-0.25, -0.2) is 4.39 Å². The van der Waals surface area contributed by atoms with E-state index in [0.717, 1.165) is 17.8 Å². The Bertz CT molecular complexity index is 393. The second-order valence-electron chi connectivity index (χ2n) is 4.76. The summed E-state index contributed by atoms with van der Waals surface area (Å²) in [5.74, 6) is -0.129. The highest BCUT2D eigenvalue weighted by Gasteiger charge is 2.29. The van der Waals surface area contributed by atoms with Crippen LogP contribution in [0.15, 0.2) is 18.2 Å². The zero-order valence-electron chi connectivity index (χ0n) is 11.1. The Kier molecular flexibility index (Phi) is 4.55. The van der Waals surface area contributed by atoms with Gasteiger partial charge < -0.3 is 15.0 Å². The molecule has 100 valence electrons. The summed E-state index contributed by atoms with van der Waals surface area (Å²) in [6.45, 7) is 2.12. The summed E-state index contributed by atoms with van der Waals surface area (Å²) in [6.07, 6.45) is 2.34. The molecule has 2 rings (SSSR count). The van der Waals surface area contributed by atoms with Gasteiger partial charge in [-0.2, -0.15) is 0 Å². The summed E-state index contributed by atoms with van der Waals surface area (Å²) < 4.78 is 19.0. The highest BCUT2D eigenvalue weighted by Crippen LogP contribution is 2.33. The van der Waals surface area contributed by atoms with E-state index in [1.807, 2.05) is 13.1 Å². The number of ether oxygens (including phenoxy) is 1. The lowest BCUT2D eigenvalue weighted by molar-refractivity contribution is 0.199. The molecule has 0 saturated heterocycles. The van der Waals surface area contributed by atoms with E-state index in [2.05, 4.69) is 10.2 Å². The zero-order valence-corrected chi connectivity index (χ0v) is 11.1. The van der Waals surface area contributed by atoms with E-state index < -0.39 is 0 Å². The molecular formula is C14H21FN2O. The van der Waals surface area contributed by atoms with Crippen LogP contribution in [0.3, 0.4) is 0 Å². The highest BCUT2D eigenvalue weighted by molar-refractivity contribution is 5.55. The summed E-state index contributed by atoms with van der Waals surface area (Å²) in [5.41, 5.74) is 1.76. The number of para-hydroxylation sites is 1. The van der Waals surface area contributed by atoms with Gasteiger partial charge in [-0.15, -0.1) is 0 Å². The largest absolute Gasteiger partial charge is 0.383 e. The van der Waals surface area contributed by atoms with E-state index in [1.54, 1.807) is 13.2 Å². The van der Waals surface area contributed by atoms with Gasteiger partial charge in [0.05, 0.1) is 12.3 Å². The number of rotatable bonds is 7. The minimum atomic E-state index is -0.129. The Morgan fingerprint density at radius 1 is 1.44 bits per heavy atom. The SMILES string of the molecule is COCCNCc1cccc(F)c1N(C)C1CC1. The standard InChI is InChI=1S/C14H21FN2O/c1-17(12-6-7-12)14-11(4-3-5-13(14)15)10-16-8-9-18-2/h3-5,12,16H,6-10H2,1-2H3. The molecule has 0 atom stereocenters. The zero-order chi connectivity index (χ0) is 13.0. The van der Waals surface area contributed by atoms with Crippen molar-refractivity contribution in [2.75, 3.05) is 32.2 Å². The molecule has 1 fully saturated rings. The summed E-state index contributed by atoms with van der Waals surface area (Å²) in [7, 11) is 3.66. The van der Waals surface area contributed by atoms with Crippen LogP contribution < -0.4 is 10.2 Å². The van der Waals surface area contributed by atoms with Gasteiger partial charge in [-0.1, -0.05) is 12.1 Å². The lowest BCUT2D eigenvalue weighted by Gasteiger charge is -2.23. The van der Waals surface area contributed by atoms with E-state index in [9.17, 15) is 4.39 Å². The van der Waals surface area contributed by atoms with Crippen molar-refractivity contribution in [3.05, 3.63) is 29.6 Å². The lowest BCUT2D eigenvalue weighted by atomic mass is 10.1. The van der Waals surface area contributed by atoms with Crippen molar-refractivity contribution in [1.82, 2.24) is 5.32 Å². The molecule has 1 aliphatic carbocycles. The van der Waals surface area contributed by atoms with Crippen LogP contribution in [0, 0.1) is 5.82 Å². The topological polar surface area (TPSA) is 24.5 Å². The molecule has 1 aromatic rings. The molecule has 1 N–H and O–H groups in total. The number of nitrogens with zero attached hydrogens (tertiary/aromatic N) is 1. The van der Waals surface area contributed by atoms with Gasteiger partial charge in [-0.3, -0.25) is 0 Å². The summed E-state index contributed by atoms with van der Waals surface area (Å²) >= 11 is 0. The number of hydrogen-bond acceptors (Lipinski definition) is 3. The number of halogens is 1. The molecule has 0 heterocycles. The highest BCUT2D eigenvalue weighted by atomic mass is 19.1. The lowest BCUT2D eigenvalue weighted by Crippen LogP contribution is -2.25. The molecule has 0 amide bonds. The molecule has 1 aliphatic rings. The van der Waals surface area contributed by atoms with Crippen LogP contribution >= 0.6 is 0 Å². The fourth-order valence-corrected chi connectivity index (χ4v) is 2.14. The minimum absolute atomic E-state index is 0.129. The molecule has 0 aromatic heterocycles. The van der Waals surface area contributed by atoms with E-state index in [1.165, 1.54) is 18.9 Å².